The Morgan fingerprint density at radius 2 is 1.89 bits per heavy atom. The normalized spacial score (nSPS) is 16.9. The fourth-order valence-electron chi connectivity index (χ4n) is 2.29. The van der Waals surface area contributed by atoms with Crippen molar-refractivity contribution in [3.8, 4) is 0 Å². The SMILES string of the molecule is CC(NC(=O)C1CCCC1)C(=O)N(C)CCC(=O)O. The summed E-state index contributed by atoms with van der Waals surface area (Å²) in [4.78, 5) is 35.6. The summed E-state index contributed by atoms with van der Waals surface area (Å²) in [5.41, 5.74) is 0. The van der Waals surface area contributed by atoms with Crippen LogP contribution >= 0.6 is 0 Å². The number of carbonyl (C=O) groups is 3. The van der Waals surface area contributed by atoms with E-state index in [4.69, 9.17) is 5.11 Å². The van der Waals surface area contributed by atoms with E-state index in [-0.39, 0.29) is 30.7 Å². The van der Waals surface area contributed by atoms with Gasteiger partial charge in [-0.3, -0.25) is 14.4 Å². The van der Waals surface area contributed by atoms with E-state index in [9.17, 15) is 14.4 Å². The van der Waals surface area contributed by atoms with Gasteiger partial charge in [-0.2, -0.15) is 0 Å². The molecule has 0 heterocycles. The van der Waals surface area contributed by atoms with Gasteiger partial charge in [-0.05, 0) is 19.8 Å². The molecule has 1 rings (SSSR count). The lowest BCUT2D eigenvalue weighted by Crippen LogP contribution is -2.47. The minimum Gasteiger partial charge on any atom is -0.481 e. The molecule has 0 radical (unpaired) electrons. The predicted octanol–water partition coefficient (Wildman–Crippen LogP) is 0.614. The van der Waals surface area contributed by atoms with Crippen molar-refractivity contribution in [1.82, 2.24) is 10.2 Å². The molecule has 0 aliphatic heterocycles. The van der Waals surface area contributed by atoms with E-state index in [1.165, 1.54) is 4.90 Å². The first-order valence-corrected chi connectivity index (χ1v) is 6.69. The van der Waals surface area contributed by atoms with Gasteiger partial charge in [0.2, 0.25) is 11.8 Å². The summed E-state index contributed by atoms with van der Waals surface area (Å²) in [5.74, 6) is -1.24. The first kappa shape index (κ1) is 15.5. The third-order valence-corrected chi connectivity index (χ3v) is 3.49. The van der Waals surface area contributed by atoms with Gasteiger partial charge >= 0.3 is 5.97 Å². The molecule has 0 spiro atoms. The maximum Gasteiger partial charge on any atom is 0.305 e. The number of carboxylic acids is 1. The van der Waals surface area contributed by atoms with Crippen LogP contribution in [0.25, 0.3) is 0 Å². The lowest BCUT2D eigenvalue weighted by molar-refractivity contribution is -0.139. The van der Waals surface area contributed by atoms with Gasteiger partial charge < -0.3 is 15.3 Å². The zero-order chi connectivity index (χ0) is 14.4. The van der Waals surface area contributed by atoms with Crippen molar-refractivity contribution in [1.29, 1.82) is 0 Å². The topological polar surface area (TPSA) is 86.7 Å². The number of likely N-dealkylation sites (N-methyl/N-ethyl adjacent to an activating group) is 1. The van der Waals surface area contributed by atoms with Crippen molar-refractivity contribution in [2.45, 2.75) is 45.1 Å². The van der Waals surface area contributed by atoms with Gasteiger partial charge in [0.05, 0.1) is 6.42 Å². The van der Waals surface area contributed by atoms with Gasteiger partial charge in [0.1, 0.15) is 6.04 Å². The highest BCUT2D eigenvalue weighted by Gasteiger charge is 2.26. The van der Waals surface area contributed by atoms with E-state index >= 15 is 0 Å². The van der Waals surface area contributed by atoms with E-state index in [1.807, 2.05) is 0 Å². The highest BCUT2D eigenvalue weighted by molar-refractivity contribution is 5.88. The van der Waals surface area contributed by atoms with Crippen LogP contribution in [0.2, 0.25) is 0 Å². The van der Waals surface area contributed by atoms with Gasteiger partial charge in [0.25, 0.3) is 0 Å². The molecule has 0 aromatic carbocycles. The minimum absolute atomic E-state index is 0.0274. The van der Waals surface area contributed by atoms with E-state index in [2.05, 4.69) is 5.32 Å². The molecule has 1 atom stereocenters. The van der Waals surface area contributed by atoms with Crippen LogP contribution in [0.5, 0.6) is 0 Å². The highest BCUT2D eigenvalue weighted by atomic mass is 16.4. The van der Waals surface area contributed by atoms with Gasteiger partial charge in [-0.25, -0.2) is 0 Å². The number of carbonyl (C=O) groups excluding carboxylic acids is 2. The molecule has 1 aliphatic carbocycles. The maximum atomic E-state index is 11.9. The van der Waals surface area contributed by atoms with Crippen LogP contribution in [-0.2, 0) is 14.4 Å². The summed E-state index contributed by atoms with van der Waals surface area (Å²) in [6.45, 7) is 1.78. The van der Waals surface area contributed by atoms with Crippen LogP contribution in [0.3, 0.4) is 0 Å². The summed E-state index contributed by atoms with van der Waals surface area (Å²) >= 11 is 0. The number of hydrogen-bond donors (Lipinski definition) is 2. The number of carboxylic acid groups (broad SMARTS) is 1. The number of amides is 2. The standard InChI is InChI=1S/C13H22N2O4/c1-9(13(19)15(2)8-7-11(16)17)14-12(18)10-5-3-4-6-10/h9-10H,3-8H2,1-2H3,(H,14,18)(H,16,17). The Labute approximate surface area is 113 Å². The predicted molar refractivity (Wildman–Crippen MR) is 69.5 cm³/mol. The zero-order valence-corrected chi connectivity index (χ0v) is 11.5. The molecule has 1 saturated carbocycles. The molecule has 108 valence electrons. The largest absolute Gasteiger partial charge is 0.481 e. The van der Waals surface area contributed by atoms with Crippen LogP contribution in [0.4, 0.5) is 0 Å². The third kappa shape index (κ3) is 4.89. The van der Waals surface area contributed by atoms with Crippen LogP contribution in [0.1, 0.15) is 39.0 Å². The van der Waals surface area contributed by atoms with Crippen molar-refractivity contribution < 1.29 is 19.5 Å². The quantitative estimate of drug-likeness (QED) is 0.740. The Hall–Kier alpha value is -1.59. The van der Waals surface area contributed by atoms with E-state index < -0.39 is 12.0 Å². The summed E-state index contributed by atoms with van der Waals surface area (Å²) in [6.07, 6.45) is 3.83. The average Bonchev–Trinajstić information content (AvgIpc) is 2.88. The lowest BCUT2D eigenvalue weighted by Gasteiger charge is -2.22. The minimum atomic E-state index is -0.942. The molecular weight excluding hydrogens is 248 g/mol. The first-order valence-electron chi connectivity index (χ1n) is 6.69. The number of nitrogens with one attached hydrogen (secondary N) is 1. The van der Waals surface area contributed by atoms with E-state index in [1.54, 1.807) is 14.0 Å². The molecule has 0 aromatic rings. The van der Waals surface area contributed by atoms with Crippen LogP contribution in [0, 0.1) is 5.92 Å². The molecule has 1 aliphatic rings. The summed E-state index contributed by atoms with van der Waals surface area (Å²) < 4.78 is 0. The second-order valence-corrected chi connectivity index (χ2v) is 5.12. The van der Waals surface area contributed by atoms with Crippen LogP contribution < -0.4 is 5.32 Å². The molecule has 0 aromatic heterocycles. The van der Waals surface area contributed by atoms with Crippen LogP contribution in [-0.4, -0.2) is 47.4 Å². The van der Waals surface area contributed by atoms with Crippen molar-refractivity contribution in [2.24, 2.45) is 5.92 Å². The Kier molecular flexibility index (Phi) is 5.79. The molecular formula is C13H22N2O4. The molecule has 19 heavy (non-hydrogen) atoms. The highest BCUT2D eigenvalue weighted by Crippen LogP contribution is 2.24. The van der Waals surface area contributed by atoms with Crippen molar-refractivity contribution in [2.75, 3.05) is 13.6 Å². The Morgan fingerprint density at radius 1 is 1.32 bits per heavy atom. The molecule has 6 nitrogen and oxygen atoms in total. The molecule has 2 amide bonds. The second-order valence-electron chi connectivity index (χ2n) is 5.12. The van der Waals surface area contributed by atoms with Crippen molar-refractivity contribution in [3.63, 3.8) is 0 Å². The smallest absolute Gasteiger partial charge is 0.305 e. The summed E-state index contributed by atoms with van der Waals surface area (Å²) in [6, 6.07) is -0.605. The molecule has 0 bridgehead atoms. The van der Waals surface area contributed by atoms with Gasteiger partial charge in [0.15, 0.2) is 0 Å². The van der Waals surface area contributed by atoms with Gasteiger partial charge in [-0.15, -0.1) is 0 Å². The third-order valence-electron chi connectivity index (χ3n) is 3.49. The first-order chi connectivity index (χ1) is 8.91. The van der Waals surface area contributed by atoms with Crippen molar-refractivity contribution >= 4 is 17.8 Å². The van der Waals surface area contributed by atoms with Gasteiger partial charge in [-0.1, -0.05) is 12.8 Å². The Bertz CT molecular complexity index is 351. The fourth-order valence-corrected chi connectivity index (χ4v) is 2.29. The zero-order valence-electron chi connectivity index (χ0n) is 11.5. The summed E-state index contributed by atoms with van der Waals surface area (Å²) in [5, 5.41) is 11.3. The second kappa shape index (κ2) is 7.11. The molecule has 1 fully saturated rings. The molecule has 2 N–H and O–H groups in total. The van der Waals surface area contributed by atoms with Crippen LogP contribution in [0.15, 0.2) is 0 Å². The molecule has 0 saturated heterocycles. The fraction of sp³-hybridized carbons (Fsp3) is 0.769. The van der Waals surface area contributed by atoms with Crippen molar-refractivity contribution in [3.05, 3.63) is 0 Å². The number of hydrogen-bond acceptors (Lipinski definition) is 3. The Balaban J connectivity index is 2.38. The summed E-state index contributed by atoms with van der Waals surface area (Å²) in [7, 11) is 1.55. The lowest BCUT2D eigenvalue weighted by atomic mass is 10.1. The molecule has 6 heteroatoms. The number of nitrogens with zero attached hydrogens (tertiary/aromatic N) is 1. The van der Waals surface area contributed by atoms with E-state index in [0.717, 1.165) is 25.7 Å². The van der Waals surface area contributed by atoms with Gasteiger partial charge in [0, 0.05) is 19.5 Å². The van der Waals surface area contributed by atoms with E-state index in [0.29, 0.717) is 0 Å². The average molecular weight is 270 g/mol. The monoisotopic (exact) mass is 270 g/mol. The Morgan fingerprint density at radius 3 is 2.42 bits per heavy atom. The molecule has 1 unspecified atom stereocenters. The maximum absolute atomic E-state index is 11.9. The number of aliphatic carboxylic acids is 1. The number of rotatable bonds is 6.